The second kappa shape index (κ2) is 12.4. The Hall–Kier alpha value is -3.08. The molecule has 0 spiro atoms. The van der Waals surface area contributed by atoms with Crippen LogP contribution < -0.4 is 9.46 Å². The van der Waals surface area contributed by atoms with Gasteiger partial charge in [-0.15, -0.1) is 0 Å². The van der Waals surface area contributed by atoms with Gasteiger partial charge in [0.1, 0.15) is 5.75 Å². The van der Waals surface area contributed by atoms with Crippen LogP contribution in [0.15, 0.2) is 47.5 Å². The summed E-state index contributed by atoms with van der Waals surface area (Å²) in [7, 11) is -0.0922. The van der Waals surface area contributed by atoms with E-state index in [1.807, 2.05) is 33.9 Å². The number of ether oxygens (including phenoxy) is 1. The van der Waals surface area contributed by atoms with Crippen molar-refractivity contribution in [2.75, 3.05) is 64.7 Å². The van der Waals surface area contributed by atoms with E-state index in [0.29, 0.717) is 35.5 Å². The van der Waals surface area contributed by atoms with Gasteiger partial charge < -0.3 is 19.1 Å². The first-order valence-corrected chi connectivity index (χ1v) is 16.1. The third-order valence-corrected chi connectivity index (χ3v) is 10.3. The molecule has 2 aliphatic rings. The number of amides is 1. The summed E-state index contributed by atoms with van der Waals surface area (Å²) in [5, 5.41) is 0.920. The summed E-state index contributed by atoms with van der Waals surface area (Å²) in [5.41, 5.74) is 2.51. The first-order chi connectivity index (χ1) is 19.6. The number of aryl methyl sites for hydroxylation is 3. The Morgan fingerprint density at radius 1 is 1.00 bits per heavy atom. The van der Waals surface area contributed by atoms with E-state index in [1.54, 1.807) is 39.2 Å². The minimum atomic E-state index is -3.85. The molecule has 10 heteroatoms. The highest BCUT2D eigenvalue weighted by molar-refractivity contribution is 7.92. The topological polar surface area (TPSA) is 87.1 Å². The summed E-state index contributed by atoms with van der Waals surface area (Å²) in [5.74, 6) is 1.53. The summed E-state index contributed by atoms with van der Waals surface area (Å²) in [4.78, 5) is 20.3. The lowest BCUT2D eigenvalue weighted by molar-refractivity contribution is -0.133. The van der Waals surface area contributed by atoms with Crippen molar-refractivity contribution in [2.24, 2.45) is 5.92 Å². The highest BCUT2D eigenvalue weighted by atomic mass is 32.2. The highest BCUT2D eigenvalue weighted by Crippen LogP contribution is 2.31. The molecule has 5 rings (SSSR count). The number of hydrogen-bond donors (Lipinski definition) is 1. The molecule has 0 radical (unpaired) electrons. The van der Waals surface area contributed by atoms with Crippen LogP contribution in [0.25, 0.3) is 10.9 Å². The molecule has 1 aromatic heterocycles. The van der Waals surface area contributed by atoms with Crippen LogP contribution >= 0.6 is 0 Å². The number of para-hydroxylation sites is 1. The number of methoxy groups -OCH3 is 1. The van der Waals surface area contributed by atoms with Gasteiger partial charge in [0.2, 0.25) is 5.91 Å². The van der Waals surface area contributed by atoms with E-state index in [0.717, 1.165) is 49.5 Å². The molecule has 0 aliphatic carbocycles. The monoisotopic (exact) mass is 581 g/mol. The number of fused-ring (bicyclic) bond motifs is 1. The summed E-state index contributed by atoms with van der Waals surface area (Å²) in [6.07, 6.45) is 4.82. The number of nitrogens with one attached hydrogen (secondary N) is 1. The van der Waals surface area contributed by atoms with Crippen molar-refractivity contribution < 1.29 is 17.9 Å². The van der Waals surface area contributed by atoms with Crippen molar-refractivity contribution in [1.82, 2.24) is 19.3 Å². The maximum Gasteiger partial charge on any atom is 0.262 e. The van der Waals surface area contributed by atoms with Gasteiger partial charge in [-0.1, -0.05) is 12.1 Å². The first-order valence-electron chi connectivity index (χ1n) is 14.6. The van der Waals surface area contributed by atoms with E-state index in [2.05, 4.69) is 21.6 Å². The number of aromatic nitrogens is 1. The van der Waals surface area contributed by atoms with Gasteiger partial charge >= 0.3 is 0 Å². The van der Waals surface area contributed by atoms with E-state index in [4.69, 9.17) is 4.74 Å². The molecule has 1 amide bonds. The van der Waals surface area contributed by atoms with E-state index in [-0.39, 0.29) is 10.8 Å². The minimum absolute atomic E-state index is 0.147. The summed E-state index contributed by atoms with van der Waals surface area (Å²) >= 11 is 0. The standard InChI is InChI=1S/C31H43N5O4S/c1-23-20-27(40-4)21-24(2)31(23)41(38,39)32-28-7-5-6-26-10-14-36(30(26)28)15-11-29(37)35-18-16-34(17-19-35)22-25-8-12-33(3)13-9-25/h5-7,10,14,20-21,25,32H,8-9,11-13,15-19,22H2,1-4H3. The Morgan fingerprint density at radius 3 is 2.34 bits per heavy atom. The lowest BCUT2D eigenvalue weighted by Gasteiger charge is -2.38. The van der Waals surface area contributed by atoms with Gasteiger partial charge in [0.05, 0.1) is 23.2 Å². The lowest BCUT2D eigenvalue weighted by Crippen LogP contribution is -2.50. The zero-order valence-corrected chi connectivity index (χ0v) is 25.5. The maximum atomic E-state index is 13.5. The van der Waals surface area contributed by atoms with Gasteiger partial charge in [-0.25, -0.2) is 8.42 Å². The summed E-state index contributed by atoms with van der Waals surface area (Å²) in [6.45, 7) is 10.9. The predicted molar refractivity (Wildman–Crippen MR) is 163 cm³/mol. The van der Waals surface area contributed by atoms with Gasteiger partial charge in [0.15, 0.2) is 0 Å². The SMILES string of the molecule is COc1cc(C)c(S(=O)(=O)Nc2cccc3ccn(CCC(=O)N4CCN(CC5CCN(C)CC5)CC4)c23)c(C)c1. The van der Waals surface area contributed by atoms with Crippen LogP contribution in [0.5, 0.6) is 5.75 Å². The molecule has 3 heterocycles. The number of rotatable bonds is 9. The van der Waals surface area contributed by atoms with Crippen molar-refractivity contribution in [1.29, 1.82) is 0 Å². The Morgan fingerprint density at radius 2 is 1.68 bits per heavy atom. The highest BCUT2D eigenvalue weighted by Gasteiger charge is 2.26. The zero-order chi connectivity index (χ0) is 29.1. The van der Waals surface area contributed by atoms with Crippen molar-refractivity contribution >= 4 is 32.5 Å². The summed E-state index contributed by atoms with van der Waals surface area (Å²) in [6, 6.07) is 11.0. The van der Waals surface area contributed by atoms with Gasteiger partial charge in [-0.3, -0.25) is 14.4 Å². The van der Waals surface area contributed by atoms with Crippen molar-refractivity contribution in [2.45, 2.75) is 44.6 Å². The lowest BCUT2D eigenvalue weighted by atomic mass is 9.96. The smallest absolute Gasteiger partial charge is 0.262 e. The third kappa shape index (κ3) is 6.71. The van der Waals surface area contributed by atoms with Crippen LogP contribution in [0.3, 0.4) is 0 Å². The molecule has 41 heavy (non-hydrogen) atoms. The molecule has 222 valence electrons. The number of anilines is 1. The molecule has 2 fully saturated rings. The van der Waals surface area contributed by atoms with Gasteiger partial charge in [-0.2, -0.15) is 0 Å². The number of piperazine rings is 1. The minimum Gasteiger partial charge on any atom is -0.497 e. The van der Waals surface area contributed by atoms with E-state index >= 15 is 0 Å². The first kappa shape index (κ1) is 29.4. The Balaban J connectivity index is 1.22. The molecule has 0 saturated carbocycles. The molecule has 0 unspecified atom stereocenters. The normalized spacial score (nSPS) is 17.7. The number of likely N-dealkylation sites (tertiary alicyclic amines) is 1. The molecule has 2 aliphatic heterocycles. The largest absolute Gasteiger partial charge is 0.497 e. The van der Waals surface area contributed by atoms with Crippen LogP contribution in [-0.4, -0.2) is 93.6 Å². The number of hydrogen-bond acceptors (Lipinski definition) is 6. The number of benzene rings is 2. The third-order valence-electron chi connectivity index (χ3n) is 8.62. The molecule has 3 aromatic rings. The fraction of sp³-hybridized carbons (Fsp3) is 0.516. The number of carbonyl (C=O) groups is 1. The zero-order valence-electron chi connectivity index (χ0n) is 24.7. The van der Waals surface area contributed by atoms with E-state index < -0.39 is 10.0 Å². The van der Waals surface area contributed by atoms with Crippen molar-refractivity contribution in [3.8, 4) is 5.75 Å². The second-order valence-corrected chi connectivity index (χ2v) is 13.2. The van der Waals surface area contributed by atoms with Crippen LogP contribution in [0, 0.1) is 19.8 Å². The quantitative estimate of drug-likeness (QED) is 0.412. The van der Waals surface area contributed by atoms with Crippen LogP contribution in [0.1, 0.15) is 30.4 Å². The number of sulfonamides is 1. The number of piperidine rings is 1. The molecule has 0 bridgehead atoms. The molecular formula is C31H43N5O4S. The predicted octanol–water partition coefficient (Wildman–Crippen LogP) is 3.94. The molecule has 2 aromatic carbocycles. The molecule has 9 nitrogen and oxygen atoms in total. The van der Waals surface area contributed by atoms with Crippen LogP contribution in [0.4, 0.5) is 5.69 Å². The van der Waals surface area contributed by atoms with E-state index in [1.165, 1.54) is 25.9 Å². The van der Waals surface area contributed by atoms with Crippen molar-refractivity contribution in [3.63, 3.8) is 0 Å². The fourth-order valence-corrected chi connectivity index (χ4v) is 7.86. The average molecular weight is 582 g/mol. The molecule has 2 saturated heterocycles. The van der Waals surface area contributed by atoms with Crippen LogP contribution in [0.2, 0.25) is 0 Å². The molecular weight excluding hydrogens is 538 g/mol. The second-order valence-electron chi connectivity index (χ2n) is 11.6. The Labute approximate surface area is 244 Å². The van der Waals surface area contributed by atoms with E-state index in [9.17, 15) is 13.2 Å². The van der Waals surface area contributed by atoms with Crippen LogP contribution in [-0.2, 0) is 21.4 Å². The Kier molecular flexibility index (Phi) is 8.91. The van der Waals surface area contributed by atoms with Gasteiger partial charge in [0.25, 0.3) is 10.0 Å². The fourth-order valence-electron chi connectivity index (χ4n) is 6.34. The average Bonchev–Trinajstić information content (AvgIpc) is 3.36. The Bertz CT molecular complexity index is 1460. The van der Waals surface area contributed by atoms with Gasteiger partial charge in [0, 0.05) is 57.3 Å². The molecule has 0 atom stereocenters. The number of nitrogens with zero attached hydrogens (tertiary/aromatic N) is 4. The molecule has 1 N–H and O–H groups in total. The van der Waals surface area contributed by atoms with Crippen molar-refractivity contribution in [3.05, 3.63) is 53.7 Å². The number of carbonyl (C=O) groups excluding carboxylic acids is 1. The maximum absolute atomic E-state index is 13.5. The van der Waals surface area contributed by atoms with Gasteiger partial charge in [-0.05, 0) is 88.1 Å². The summed E-state index contributed by atoms with van der Waals surface area (Å²) < 4.78 is 37.2.